The van der Waals surface area contributed by atoms with Crippen LogP contribution in [0.15, 0.2) is 52.0 Å². The summed E-state index contributed by atoms with van der Waals surface area (Å²) in [5.41, 5.74) is 9.03. The average Bonchev–Trinajstić information content (AvgIpc) is 3.80. The molecule has 9 heteroatoms. The minimum Gasteiger partial charge on any atom is -0.389 e. The molecule has 1 saturated heterocycles. The van der Waals surface area contributed by atoms with Crippen molar-refractivity contribution in [3.63, 3.8) is 0 Å². The number of nitrogen functional groups attached to an aromatic ring is 1. The molecule has 5 rings (SSSR count). The van der Waals surface area contributed by atoms with E-state index in [2.05, 4.69) is 58.3 Å². The smallest absolute Gasteiger partial charge is 0.199 e. The molecular formula is C37H55F2N5OS. The summed E-state index contributed by atoms with van der Waals surface area (Å²) < 4.78 is 36.7. The number of aliphatic imine (C=N–C) groups is 1. The number of ether oxygens (including phenoxy) is 1. The number of thiophene rings is 1. The third-order valence-electron chi connectivity index (χ3n) is 8.10. The van der Waals surface area contributed by atoms with Crippen LogP contribution in [-0.4, -0.2) is 43.2 Å². The molecule has 2 atom stereocenters. The second-order valence-corrected chi connectivity index (χ2v) is 13.1. The molecule has 0 spiro atoms. The number of rotatable bonds is 6. The fourth-order valence-corrected chi connectivity index (χ4v) is 6.57. The number of likely N-dealkylation sites (tertiary alicyclic amines) is 1. The molecule has 46 heavy (non-hydrogen) atoms. The molecule has 1 fully saturated rings. The highest BCUT2D eigenvalue weighted by Gasteiger charge is 2.40. The zero-order chi connectivity index (χ0) is 34.6. The molecule has 3 aliphatic heterocycles. The summed E-state index contributed by atoms with van der Waals surface area (Å²) >= 11 is 0.960. The van der Waals surface area contributed by atoms with E-state index in [0.717, 1.165) is 47.9 Å². The Balaban J connectivity index is 0.000000530. The molecule has 254 valence electrons. The lowest BCUT2D eigenvalue weighted by molar-refractivity contribution is 0.206. The number of hydrogen-bond acceptors (Lipinski definition) is 7. The lowest BCUT2D eigenvalue weighted by Gasteiger charge is -2.32. The van der Waals surface area contributed by atoms with Gasteiger partial charge in [0.2, 0.25) is 0 Å². The van der Waals surface area contributed by atoms with Crippen molar-refractivity contribution in [3.05, 3.63) is 63.0 Å². The van der Waals surface area contributed by atoms with Gasteiger partial charge in [0.15, 0.2) is 5.96 Å². The van der Waals surface area contributed by atoms with E-state index in [1.54, 1.807) is 6.92 Å². The van der Waals surface area contributed by atoms with Gasteiger partial charge in [-0.3, -0.25) is 0 Å². The first-order chi connectivity index (χ1) is 22.0. The number of halogens is 2. The number of nitrogens with zero attached hydrogens (tertiary/aromatic N) is 3. The van der Waals surface area contributed by atoms with Crippen LogP contribution in [0.4, 0.5) is 13.8 Å². The first-order valence-corrected chi connectivity index (χ1v) is 17.7. The Hall–Kier alpha value is -3.22. The van der Waals surface area contributed by atoms with Crippen LogP contribution in [0.3, 0.4) is 0 Å². The molecule has 2 unspecified atom stereocenters. The number of anilines is 1. The van der Waals surface area contributed by atoms with Gasteiger partial charge in [-0.25, -0.2) is 13.8 Å². The maximum atomic E-state index is 16.3. The Morgan fingerprint density at radius 2 is 1.89 bits per heavy atom. The number of unbranched alkanes of at least 4 members (excludes halogenated alkanes) is 1. The summed E-state index contributed by atoms with van der Waals surface area (Å²) in [4.78, 5) is 7.03. The SMILES string of the molecule is C=C(C1=C(F)C2N=C(N3CCC(C)C3)NC=C2C2=C1COC2)c1c(/C(F)=C\C)sc(N)c1C#N.CC.CCCC.CCCC(C)C. The third kappa shape index (κ3) is 8.98. The molecule has 6 nitrogen and oxygen atoms in total. The summed E-state index contributed by atoms with van der Waals surface area (Å²) in [6.07, 6.45) is 9.51. The first-order valence-electron chi connectivity index (χ1n) is 16.9. The van der Waals surface area contributed by atoms with Crippen LogP contribution in [-0.2, 0) is 4.74 Å². The molecule has 1 aromatic rings. The third-order valence-corrected chi connectivity index (χ3v) is 9.13. The van der Waals surface area contributed by atoms with Gasteiger partial charge >= 0.3 is 0 Å². The predicted molar refractivity (Wildman–Crippen MR) is 193 cm³/mol. The number of nitrogens with two attached hydrogens (primary N) is 1. The average molecular weight is 656 g/mol. The van der Waals surface area contributed by atoms with E-state index in [0.29, 0.717) is 24.1 Å². The van der Waals surface area contributed by atoms with Gasteiger partial charge in [0, 0.05) is 36.0 Å². The van der Waals surface area contributed by atoms with Gasteiger partial charge in [-0.2, -0.15) is 5.26 Å². The van der Waals surface area contributed by atoms with Crippen LogP contribution in [0, 0.1) is 23.2 Å². The van der Waals surface area contributed by atoms with E-state index in [1.807, 2.05) is 26.1 Å². The number of fused-ring (bicyclic) bond motifs is 2. The second kappa shape index (κ2) is 18.8. The first kappa shape index (κ1) is 39.0. The number of guanidine groups is 1. The highest BCUT2D eigenvalue weighted by Crippen LogP contribution is 2.49. The number of nitrogens with one attached hydrogen (secondary N) is 1. The van der Waals surface area contributed by atoms with Crippen molar-refractivity contribution < 1.29 is 13.5 Å². The van der Waals surface area contributed by atoms with Crippen LogP contribution in [0.2, 0.25) is 0 Å². The van der Waals surface area contributed by atoms with E-state index in [1.165, 1.54) is 31.8 Å². The Morgan fingerprint density at radius 1 is 1.24 bits per heavy atom. The van der Waals surface area contributed by atoms with Crippen molar-refractivity contribution in [2.24, 2.45) is 16.8 Å². The topological polar surface area (TPSA) is 86.7 Å². The summed E-state index contributed by atoms with van der Waals surface area (Å²) in [6.45, 7) is 25.2. The van der Waals surface area contributed by atoms with Gasteiger partial charge in [0.05, 0.1) is 23.7 Å². The zero-order valence-corrected chi connectivity index (χ0v) is 30.3. The van der Waals surface area contributed by atoms with E-state index >= 15 is 4.39 Å². The second-order valence-electron chi connectivity index (χ2n) is 12.1. The molecule has 0 amide bonds. The van der Waals surface area contributed by atoms with Gasteiger partial charge < -0.3 is 20.7 Å². The van der Waals surface area contributed by atoms with Crippen molar-refractivity contribution in [2.45, 2.75) is 100 Å². The highest BCUT2D eigenvalue weighted by molar-refractivity contribution is 7.17. The van der Waals surface area contributed by atoms with Crippen molar-refractivity contribution in [3.8, 4) is 6.07 Å². The lowest BCUT2D eigenvalue weighted by atomic mass is 9.80. The van der Waals surface area contributed by atoms with E-state index in [9.17, 15) is 9.65 Å². The molecule has 4 heterocycles. The van der Waals surface area contributed by atoms with Crippen LogP contribution in [0.5, 0.6) is 0 Å². The quantitative estimate of drug-likeness (QED) is 0.319. The molecule has 1 aliphatic carbocycles. The number of allylic oxidation sites excluding steroid dienone is 2. The highest BCUT2D eigenvalue weighted by atomic mass is 32.1. The van der Waals surface area contributed by atoms with Crippen LogP contribution in [0.1, 0.15) is 110 Å². The number of nitriles is 1. The van der Waals surface area contributed by atoms with Gasteiger partial charge in [-0.05, 0) is 41.9 Å². The van der Waals surface area contributed by atoms with Crippen LogP contribution in [0.25, 0.3) is 11.4 Å². The molecular weight excluding hydrogens is 601 g/mol. The maximum Gasteiger partial charge on any atom is 0.199 e. The Labute approximate surface area is 280 Å². The summed E-state index contributed by atoms with van der Waals surface area (Å²) in [7, 11) is 0. The minimum atomic E-state index is -0.851. The van der Waals surface area contributed by atoms with Gasteiger partial charge in [0.25, 0.3) is 0 Å². The minimum absolute atomic E-state index is 0.102. The fourth-order valence-electron chi connectivity index (χ4n) is 5.56. The Bertz CT molecular complexity index is 1410. The number of hydrogen-bond donors (Lipinski definition) is 2. The Kier molecular flexibility index (Phi) is 15.9. The van der Waals surface area contributed by atoms with Crippen molar-refractivity contribution in [1.82, 2.24) is 10.2 Å². The molecule has 3 N–H and O–H groups in total. The molecule has 4 aliphatic rings. The molecule has 1 aromatic heterocycles. The molecule has 0 bridgehead atoms. The van der Waals surface area contributed by atoms with Crippen molar-refractivity contribution in [2.75, 3.05) is 32.0 Å². The van der Waals surface area contributed by atoms with Crippen molar-refractivity contribution >= 4 is 33.7 Å². The van der Waals surface area contributed by atoms with Crippen LogP contribution < -0.4 is 11.1 Å². The largest absolute Gasteiger partial charge is 0.389 e. The van der Waals surface area contributed by atoms with Crippen molar-refractivity contribution in [1.29, 1.82) is 5.26 Å². The van der Waals surface area contributed by atoms with Gasteiger partial charge in [0.1, 0.15) is 28.8 Å². The summed E-state index contributed by atoms with van der Waals surface area (Å²) in [5.74, 6) is 1.07. The van der Waals surface area contributed by atoms with Gasteiger partial charge in [-0.1, -0.05) is 93.7 Å². The maximum absolute atomic E-state index is 16.3. The summed E-state index contributed by atoms with van der Waals surface area (Å²) in [5, 5.41) is 13.1. The lowest BCUT2D eigenvalue weighted by Crippen LogP contribution is -2.42. The normalized spacial score (nSPS) is 20.2. The van der Waals surface area contributed by atoms with Crippen LogP contribution >= 0.6 is 11.3 Å². The molecule has 0 radical (unpaired) electrons. The van der Waals surface area contributed by atoms with E-state index in [-0.39, 0.29) is 38.8 Å². The Morgan fingerprint density at radius 3 is 2.39 bits per heavy atom. The van der Waals surface area contributed by atoms with E-state index in [4.69, 9.17) is 15.5 Å². The van der Waals surface area contributed by atoms with E-state index < -0.39 is 17.7 Å². The van der Waals surface area contributed by atoms with Gasteiger partial charge in [-0.15, -0.1) is 11.3 Å². The summed E-state index contributed by atoms with van der Waals surface area (Å²) in [6, 6.07) is 1.19. The molecule has 0 aromatic carbocycles. The monoisotopic (exact) mass is 655 g/mol. The fraction of sp³-hybridized carbons (Fsp3) is 0.568. The molecule has 0 saturated carbocycles. The zero-order valence-electron chi connectivity index (χ0n) is 29.4. The standard InChI is InChI=1S/C25H25F2N5OS.C6H14.C4H10.C2H6/c1-4-18(26)23-20(14(7-28)24(29)34-23)13(3)19-17-11-33-10-16(17)15-8-30-25(31-22(15)21(19)27)32-6-5-12(2)9-32;1-4-5-6(2)3;1-3-4-2;1-2/h4,8,12,22H,3,5-6,9-11,29H2,1-2H3,(H,30,31);6H,4-5H2,1-3H3;3-4H2,1-2H3;1-2H3/b18-4+;;;. The predicted octanol–water partition coefficient (Wildman–Crippen LogP) is 9.94.